The summed E-state index contributed by atoms with van der Waals surface area (Å²) < 4.78 is 7.97. The molecule has 35 heavy (non-hydrogen) atoms. The van der Waals surface area contributed by atoms with Crippen LogP contribution >= 0.6 is 0 Å². The van der Waals surface area contributed by atoms with E-state index in [4.69, 9.17) is 4.74 Å². The third-order valence-corrected chi connectivity index (χ3v) is 6.36. The molecule has 4 rings (SSSR count). The van der Waals surface area contributed by atoms with Crippen LogP contribution in [0.2, 0.25) is 0 Å². The molecule has 4 nitrogen and oxygen atoms in total. The first-order valence-corrected chi connectivity index (χ1v) is 12.6. The van der Waals surface area contributed by atoms with Crippen molar-refractivity contribution >= 4 is 16.8 Å². The molecule has 0 saturated heterocycles. The summed E-state index contributed by atoms with van der Waals surface area (Å²) in [4.78, 5) is 13.0. The number of aromatic nitrogens is 1. The zero-order valence-corrected chi connectivity index (χ0v) is 21.3. The second kappa shape index (κ2) is 11.3. The van der Waals surface area contributed by atoms with Crippen LogP contribution < -0.4 is 10.1 Å². The third kappa shape index (κ3) is 6.13. The molecule has 0 fully saturated rings. The van der Waals surface area contributed by atoms with Gasteiger partial charge in [0.25, 0.3) is 0 Å². The fourth-order valence-electron chi connectivity index (χ4n) is 4.52. The van der Waals surface area contributed by atoms with Crippen molar-refractivity contribution in [1.82, 2.24) is 9.88 Å². The SMILES string of the molecule is CCOc1ccc(C(CC(=O)NCC(C)C)c2cn(Cc3ccc(C)cc3)c3ccccc23)cc1. The molecule has 1 N–H and O–H groups in total. The van der Waals surface area contributed by atoms with Gasteiger partial charge >= 0.3 is 0 Å². The smallest absolute Gasteiger partial charge is 0.220 e. The Kier molecular flexibility index (Phi) is 7.91. The highest BCUT2D eigenvalue weighted by molar-refractivity contribution is 5.86. The van der Waals surface area contributed by atoms with Gasteiger partial charge in [-0.2, -0.15) is 0 Å². The van der Waals surface area contributed by atoms with E-state index in [1.165, 1.54) is 27.6 Å². The fraction of sp³-hybridized carbons (Fsp3) is 0.323. The normalized spacial score (nSPS) is 12.1. The van der Waals surface area contributed by atoms with Crippen molar-refractivity contribution < 1.29 is 9.53 Å². The van der Waals surface area contributed by atoms with Gasteiger partial charge in [-0.1, -0.05) is 74.0 Å². The number of carbonyl (C=O) groups excluding carboxylic acids is 1. The molecule has 0 aliphatic heterocycles. The molecule has 4 aromatic rings. The van der Waals surface area contributed by atoms with Gasteiger partial charge in [-0.3, -0.25) is 4.79 Å². The van der Waals surface area contributed by atoms with Crippen molar-refractivity contribution in [1.29, 1.82) is 0 Å². The van der Waals surface area contributed by atoms with Gasteiger partial charge in [0.15, 0.2) is 0 Å². The Bertz CT molecular complexity index is 1250. The molecule has 1 heterocycles. The highest BCUT2D eigenvalue weighted by atomic mass is 16.5. The van der Waals surface area contributed by atoms with Crippen molar-refractivity contribution in [3.8, 4) is 5.75 Å². The average Bonchev–Trinajstić information content (AvgIpc) is 3.21. The number of carbonyl (C=O) groups is 1. The zero-order valence-electron chi connectivity index (χ0n) is 21.3. The van der Waals surface area contributed by atoms with Crippen molar-refractivity contribution in [2.45, 2.75) is 46.6 Å². The minimum absolute atomic E-state index is 0.0537. The Labute approximate surface area is 208 Å². The lowest BCUT2D eigenvalue weighted by Gasteiger charge is -2.18. The van der Waals surface area contributed by atoms with E-state index in [2.05, 4.69) is 97.5 Å². The molecule has 0 aliphatic rings. The summed E-state index contributed by atoms with van der Waals surface area (Å²) in [6.45, 7) is 10.4. The van der Waals surface area contributed by atoms with Gasteiger partial charge in [-0.25, -0.2) is 0 Å². The van der Waals surface area contributed by atoms with E-state index in [1.807, 2.05) is 19.1 Å². The summed E-state index contributed by atoms with van der Waals surface area (Å²) in [7, 11) is 0. The van der Waals surface area contributed by atoms with Crippen LogP contribution in [-0.4, -0.2) is 23.6 Å². The second-order valence-corrected chi connectivity index (χ2v) is 9.67. The number of hydrogen-bond donors (Lipinski definition) is 1. The van der Waals surface area contributed by atoms with Crippen LogP contribution in [0.3, 0.4) is 0 Å². The predicted molar refractivity (Wildman–Crippen MR) is 144 cm³/mol. The Morgan fingerprint density at radius 3 is 2.37 bits per heavy atom. The van der Waals surface area contributed by atoms with Crippen LogP contribution in [0.15, 0.2) is 79.0 Å². The van der Waals surface area contributed by atoms with Gasteiger partial charge < -0.3 is 14.6 Å². The number of fused-ring (bicyclic) bond motifs is 1. The molecule has 0 radical (unpaired) electrons. The lowest BCUT2D eigenvalue weighted by atomic mass is 9.88. The zero-order chi connectivity index (χ0) is 24.8. The van der Waals surface area contributed by atoms with Crippen LogP contribution in [0.1, 0.15) is 55.4 Å². The maximum atomic E-state index is 13.0. The molecule has 1 amide bonds. The van der Waals surface area contributed by atoms with Crippen molar-refractivity contribution in [2.75, 3.05) is 13.2 Å². The lowest BCUT2D eigenvalue weighted by molar-refractivity contribution is -0.121. The number of para-hydroxylation sites is 1. The minimum Gasteiger partial charge on any atom is -0.494 e. The van der Waals surface area contributed by atoms with Crippen molar-refractivity contribution in [3.05, 3.63) is 101 Å². The number of aryl methyl sites for hydroxylation is 1. The second-order valence-electron chi connectivity index (χ2n) is 9.67. The third-order valence-electron chi connectivity index (χ3n) is 6.36. The van der Waals surface area contributed by atoms with Gasteiger partial charge in [0.2, 0.25) is 5.91 Å². The van der Waals surface area contributed by atoms with Gasteiger partial charge in [-0.15, -0.1) is 0 Å². The molecular formula is C31H36N2O2. The maximum Gasteiger partial charge on any atom is 0.220 e. The van der Waals surface area contributed by atoms with E-state index >= 15 is 0 Å². The Morgan fingerprint density at radius 1 is 0.971 bits per heavy atom. The average molecular weight is 469 g/mol. The summed E-state index contributed by atoms with van der Waals surface area (Å²) in [5.74, 6) is 1.29. The van der Waals surface area contributed by atoms with Crippen LogP contribution in [0.25, 0.3) is 10.9 Å². The number of ether oxygens (including phenoxy) is 1. The number of nitrogens with zero attached hydrogens (tertiary/aromatic N) is 1. The first kappa shape index (κ1) is 24.6. The number of hydrogen-bond acceptors (Lipinski definition) is 2. The first-order chi connectivity index (χ1) is 16.9. The monoisotopic (exact) mass is 468 g/mol. The van der Waals surface area contributed by atoms with Crippen molar-refractivity contribution in [2.24, 2.45) is 5.92 Å². The van der Waals surface area contributed by atoms with E-state index in [-0.39, 0.29) is 11.8 Å². The van der Waals surface area contributed by atoms with E-state index in [0.29, 0.717) is 25.5 Å². The molecular weight excluding hydrogens is 432 g/mol. The standard InChI is InChI=1S/C31H36N2O2/c1-5-35-26-16-14-25(15-17-26)28(18-31(34)32-19-22(2)3)29-21-33(30-9-7-6-8-27(29)30)20-24-12-10-23(4)11-13-24/h6-17,21-22,28H,5,18-20H2,1-4H3,(H,32,34). The summed E-state index contributed by atoms with van der Waals surface area (Å²) in [5, 5.41) is 4.30. The van der Waals surface area contributed by atoms with E-state index in [1.54, 1.807) is 0 Å². The Balaban J connectivity index is 1.73. The molecule has 3 aromatic carbocycles. The summed E-state index contributed by atoms with van der Waals surface area (Å²) in [6, 6.07) is 25.4. The summed E-state index contributed by atoms with van der Waals surface area (Å²) in [6.07, 6.45) is 2.64. The molecule has 0 bridgehead atoms. The molecule has 0 aliphatic carbocycles. The molecule has 182 valence electrons. The van der Waals surface area contributed by atoms with Crippen LogP contribution in [0.4, 0.5) is 0 Å². The largest absolute Gasteiger partial charge is 0.494 e. The molecule has 1 unspecified atom stereocenters. The highest BCUT2D eigenvalue weighted by Gasteiger charge is 2.23. The molecule has 0 spiro atoms. The predicted octanol–water partition coefficient (Wildman–Crippen LogP) is 6.69. The van der Waals surface area contributed by atoms with Crippen LogP contribution in [0.5, 0.6) is 5.75 Å². The van der Waals surface area contributed by atoms with E-state index in [9.17, 15) is 4.79 Å². The highest BCUT2D eigenvalue weighted by Crippen LogP contribution is 2.36. The molecule has 4 heteroatoms. The fourth-order valence-corrected chi connectivity index (χ4v) is 4.52. The summed E-state index contributed by atoms with van der Waals surface area (Å²) in [5.41, 5.74) is 5.99. The van der Waals surface area contributed by atoms with Gasteiger partial charge in [-0.05, 0) is 54.7 Å². The van der Waals surface area contributed by atoms with E-state index < -0.39 is 0 Å². The van der Waals surface area contributed by atoms with E-state index in [0.717, 1.165) is 17.9 Å². The van der Waals surface area contributed by atoms with Crippen LogP contribution in [0, 0.1) is 12.8 Å². The quantitative estimate of drug-likeness (QED) is 0.282. The van der Waals surface area contributed by atoms with Crippen molar-refractivity contribution in [3.63, 3.8) is 0 Å². The maximum absolute atomic E-state index is 13.0. The minimum atomic E-state index is -0.0537. The van der Waals surface area contributed by atoms with Gasteiger partial charge in [0.1, 0.15) is 5.75 Å². The lowest BCUT2D eigenvalue weighted by Crippen LogP contribution is -2.28. The summed E-state index contributed by atoms with van der Waals surface area (Å²) >= 11 is 0. The van der Waals surface area contributed by atoms with Gasteiger partial charge in [0.05, 0.1) is 6.61 Å². The molecule has 1 aromatic heterocycles. The van der Waals surface area contributed by atoms with Crippen LogP contribution in [-0.2, 0) is 11.3 Å². The number of rotatable bonds is 10. The van der Waals surface area contributed by atoms with Gasteiger partial charge in [0, 0.05) is 42.5 Å². The first-order valence-electron chi connectivity index (χ1n) is 12.6. The Hall–Kier alpha value is -3.53. The molecule has 1 atom stereocenters. The topological polar surface area (TPSA) is 43.3 Å². The number of amides is 1. The number of benzene rings is 3. The molecule has 0 saturated carbocycles. The Morgan fingerprint density at radius 2 is 1.69 bits per heavy atom. The number of nitrogens with one attached hydrogen (secondary N) is 1.